The number of fused-ring (bicyclic) bond motifs is 7. The van der Waals surface area contributed by atoms with Gasteiger partial charge >= 0.3 is 0 Å². The number of hydrogen-bond acceptors (Lipinski definition) is 0. The SMILES string of the molecule is c1ccc(-c2ccc(-c3c4ccccc4c(-c4ccc5[nH]c6c7ccccc7ccc6c5c4)c4ccccc34)cc2)cc1. The van der Waals surface area contributed by atoms with E-state index in [1.165, 1.54) is 87.5 Å². The quantitative estimate of drug-likeness (QED) is 0.213. The molecule has 0 fully saturated rings. The zero-order valence-electron chi connectivity index (χ0n) is 23.5. The highest BCUT2D eigenvalue weighted by Gasteiger charge is 2.17. The topological polar surface area (TPSA) is 15.8 Å². The van der Waals surface area contributed by atoms with Crippen LogP contribution >= 0.6 is 0 Å². The fourth-order valence-corrected chi connectivity index (χ4v) is 7.01. The summed E-state index contributed by atoms with van der Waals surface area (Å²) >= 11 is 0. The second kappa shape index (κ2) is 9.44. The summed E-state index contributed by atoms with van der Waals surface area (Å²) in [6.45, 7) is 0. The molecule has 1 heterocycles. The van der Waals surface area contributed by atoms with Crippen LogP contribution in [0.3, 0.4) is 0 Å². The standard InChI is InChI=1S/C42H27N/c1-2-10-27(11-3-1)28-18-20-30(21-19-28)40-33-14-6-8-16-35(33)41(36-17-9-7-15-34(36)40)31-23-25-39-38(26-31)37-24-22-29-12-4-5-13-32(29)42(37)43-39/h1-26,43H. The van der Waals surface area contributed by atoms with Crippen molar-refractivity contribution in [1.82, 2.24) is 4.98 Å². The van der Waals surface area contributed by atoms with Gasteiger partial charge in [-0.05, 0) is 72.4 Å². The third kappa shape index (κ3) is 3.72. The minimum Gasteiger partial charge on any atom is -0.354 e. The van der Waals surface area contributed by atoms with E-state index in [1.807, 2.05) is 0 Å². The summed E-state index contributed by atoms with van der Waals surface area (Å²) in [6, 6.07) is 57.4. The van der Waals surface area contributed by atoms with E-state index >= 15 is 0 Å². The second-order valence-electron chi connectivity index (χ2n) is 11.4. The van der Waals surface area contributed by atoms with E-state index in [9.17, 15) is 0 Å². The molecular formula is C42H27N. The van der Waals surface area contributed by atoms with Crippen LogP contribution in [-0.4, -0.2) is 4.98 Å². The first-order valence-electron chi connectivity index (χ1n) is 14.9. The van der Waals surface area contributed by atoms with Crippen molar-refractivity contribution in [3.63, 3.8) is 0 Å². The minimum atomic E-state index is 1.17. The van der Waals surface area contributed by atoms with Gasteiger partial charge in [-0.2, -0.15) is 0 Å². The number of aromatic nitrogens is 1. The van der Waals surface area contributed by atoms with E-state index in [0.717, 1.165) is 0 Å². The lowest BCUT2D eigenvalue weighted by Gasteiger charge is -2.18. The van der Waals surface area contributed by atoms with Crippen LogP contribution in [0.5, 0.6) is 0 Å². The van der Waals surface area contributed by atoms with E-state index in [1.54, 1.807) is 0 Å². The highest BCUT2D eigenvalue weighted by atomic mass is 14.7. The van der Waals surface area contributed by atoms with Gasteiger partial charge in [0, 0.05) is 21.7 Å². The van der Waals surface area contributed by atoms with Gasteiger partial charge in [0.05, 0.1) is 5.52 Å². The zero-order valence-corrected chi connectivity index (χ0v) is 23.5. The van der Waals surface area contributed by atoms with Gasteiger partial charge in [0.2, 0.25) is 0 Å². The molecule has 0 aliphatic heterocycles. The first-order valence-corrected chi connectivity index (χ1v) is 14.9. The summed E-state index contributed by atoms with van der Waals surface area (Å²) in [5, 5.41) is 10.1. The summed E-state index contributed by atoms with van der Waals surface area (Å²) in [4.78, 5) is 3.72. The van der Waals surface area contributed by atoms with Crippen LogP contribution in [0.15, 0.2) is 158 Å². The summed E-state index contributed by atoms with van der Waals surface area (Å²) in [6.07, 6.45) is 0. The maximum absolute atomic E-state index is 3.72. The van der Waals surface area contributed by atoms with Crippen LogP contribution in [0.25, 0.3) is 87.5 Å². The van der Waals surface area contributed by atoms with Crippen LogP contribution in [-0.2, 0) is 0 Å². The van der Waals surface area contributed by atoms with Gasteiger partial charge in [0.15, 0.2) is 0 Å². The molecule has 8 aromatic carbocycles. The Morgan fingerprint density at radius 2 is 0.814 bits per heavy atom. The van der Waals surface area contributed by atoms with Crippen LogP contribution in [0.1, 0.15) is 0 Å². The number of rotatable bonds is 3. The van der Waals surface area contributed by atoms with Crippen molar-refractivity contribution in [2.45, 2.75) is 0 Å². The van der Waals surface area contributed by atoms with Gasteiger partial charge in [0.25, 0.3) is 0 Å². The first kappa shape index (κ1) is 24.0. The van der Waals surface area contributed by atoms with Gasteiger partial charge in [-0.3, -0.25) is 0 Å². The summed E-state index contributed by atoms with van der Waals surface area (Å²) in [5.41, 5.74) is 9.88. The van der Waals surface area contributed by atoms with Crippen molar-refractivity contribution in [2.75, 3.05) is 0 Å². The van der Waals surface area contributed by atoms with Gasteiger partial charge in [-0.25, -0.2) is 0 Å². The Hall–Kier alpha value is -5.66. The van der Waals surface area contributed by atoms with Crippen LogP contribution in [0, 0.1) is 0 Å². The van der Waals surface area contributed by atoms with Crippen molar-refractivity contribution < 1.29 is 0 Å². The molecule has 0 spiro atoms. The molecule has 0 saturated carbocycles. The number of aromatic amines is 1. The highest BCUT2D eigenvalue weighted by molar-refractivity contribution is 6.23. The van der Waals surface area contributed by atoms with Crippen molar-refractivity contribution in [3.8, 4) is 33.4 Å². The molecule has 43 heavy (non-hydrogen) atoms. The lowest BCUT2D eigenvalue weighted by molar-refractivity contribution is 1.56. The Labute approximate surface area is 249 Å². The van der Waals surface area contributed by atoms with Crippen molar-refractivity contribution in [2.24, 2.45) is 0 Å². The Bertz CT molecular complexity index is 2420. The van der Waals surface area contributed by atoms with Gasteiger partial charge in [-0.15, -0.1) is 0 Å². The molecule has 0 aliphatic carbocycles. The zero-order chi connectivity index (χ0) is 28.3. The predicted octanol–water partition coefficient (Wildman–Crippen LogP) is 11.8. The maximum Gasteiger partial charge on any atom is 0.0544 e. The molecular weight excluding hydrogens is 518 g/mol. The van der Waals surface area contributed by atoms with E-state index in [0.29, 0.717) is 0 Å². The molecule has 0 amide bonds. The van der Waals surface area contributed by atoms with Crippen LogP contribution in [0.4, 0.5) is 0 Å². The lowest BCUT2D eigenvalue weighted by atomic mass is 9.85. The third-order valence-corrected chi connectivity index (χ3v) is 9.00. The van der Waals surface area contributed by atoms with Gasteiger partial charge < -0.3 is 4.98 Å². The molecule has 0 radical (unpaired) electrons. The molecule has 9 aromatic rings. The van der Waals surface area contributed by atoms with Crippen molar-refractivity contribution >= 4 is 54.1 Å². The lowest BCUT2D eigenvalue weighted by Crippen LogP contribution is -1.91. The third-order valence-electron chi connectivity index (χ3n) is 9.00. The Morgan fingerprint density at radius 3 is 1.49 bits per heavy atom. The monoisotopic (exact) mass is 545 g/mol. The summed E-state index contributed by atoms with van der Waals surface area (Å²) < 4.78 is 0. The average Bonchev–Trinajstić information content (AvgIpc) is 3.46. The smallest absolute Gasteiger partial charge is 0.0544 e. The normalized spacial score (nSPS) is 11.7. The van der Waals surface area contributed by atoms with E-state index in [-0.39, 0.29) is 0 Å². The average molecular weight is 546 g/mol. The molecule has 0 bridgehead atoms. The van der Waals surface area contributed by atoms with Crippen molar-refractivity contribution in [3.05, 3.63) is 158 Å². The molecule has 0 unspecified atom stereocenters. The molecule has 9 rings (SSSR count). The van der Waals surface area contributed by atoms with Gasteiger partial charge in [-0.1, -0.05) is 146 Å². The van der Waals surface area contributed by atoms with Gasteiger partial charge in [0.1, 0.15) is 0 Å². The fourth-order valence-electron chi connectivity index (χ4n) is 7.01. The molecule has 0 aliphatic rings. The Morgan fingerprint density at radius 1 is 0.302 bits per heavy atom. The van der Waals surface area contributed by atoms with Crippen LogP contribution in [0.2, 0.25) is 0 Å². The number of hydrogen-bond donors (Lipinski definition) is 1. The second-order valence-corrected chi connectivity index (χ2v) is 11.4. The first-order chi connectivity index (χ1) is 21.3. The molecule has 1 aromatic heterocycles. The van der Waals surface area contributed by atoms with E-state index < -0.39 is 0 Å². The number of benzene rings is 8. The Balaban J connectivity index is 1.29. The van der Waals surface area contributed by atoms with Crippen molar-refractivity contribution in [1.29, 1.82) is 0 Å². The maximum atomic E-state index is 3.72. The number of H-pyrrole nitrogens is 1. The number of nitrogens with one attached hydrogen (secondary N) is 1. The largest absolute Gasteiger partial charge is 0.354 e. The molecule has 1 nitrogen and oxygen atoms in total. The molecule has 0 atom stereocenters. The van der Waals surface area contributed by atoms with E-state index in [4.69, 9.17) is 0 Å². The predicted molar refractivity (Wildman–Crippen MR) is 185 cm³/mol. The molecule has 0 saturated heterocycles. The fraction of sp³-hybridized carbons (Fsp3) is 0. The summed E-state index contributed by atoms with van der Waals surface area (Å²) in [7, 11) is 0. The summed E-state index contributed by atoms with van der Waals surface area (Å²) in [5.74, 6) is 0. The minimum absolute atomic E-state index is 1.17. The Kier molecular flexibility index (Phi) is 5.27. The van der Waals surface area contributed by atoms with E-state index in [2.05, 4.69) is 163 Å². The molecule has 1 heteroatoms. The molecule has 1 N–H and O–H groups in total. The van der Waals surface area contributed by atoms with Crippen LogP contribution < -0.4 is 0 Å². The molecule has 200 valence electrons. The highest BCUT2D eigenvalue weighted by Crippen LogP contribution is 2.45.